The van der Waals surface area contributed by atoms with E-state index < -0.39 is 0 Å². The number of para-hydroxylation sites is 1. The van der Waals surface area contributed by atoms with E-state index in [-0.39, 0.29) is 18.0 Å². The molecular weight excluding hydrogens is 302 g/mol. The minimum absolute atomic E-state index is 0.0143. The summed E-state index contributed by atoms with van der Waals surface area (Å²) in [4.78, 5) is 27.2. The number of rotatable bonds is 2. The summed E-state index contributed by atoms with van der Waals surface area (Å²) in [5, 5.41) is 4.24. The number of fused-ring (bicyclic) bond motifs is 2. The minimum atomic E-state index is -0.0918. The van der Waals surface area contributed by atoms with Gasteiger partial charge in [0, 0.05) is 17.8 Å². The lowest BCUT2D eigenvalue weighted by molar-refractivity contribution is -0.119. The van der Waals surface area contributed by atoms with Crippen LogP contribution in [0.4, 0.5) is 5.69 Å². The van der Waals surface area contributed by atoms with Crippen LogP contribution in [0.15, 0.2) is 35.3 Å². The first-order valence-corrected chi connectivity index (χ1v) is 8.70. The average molecular weight is 323 g/mol. The number of hydrogen-bond acceptors (Lipinski definition) is 3. The van der Waals surface area contributed by atoms with Crippen molar-refractivity contribution >= 4 is 11.6 Å². The highest BCUT2D eigenvalue weighted by Gasteiger charge is 2.23. The average Bonchev–Trinajstić information content (AvgIpc) is 2.63. The molecule has 1 aromatic heterocycles. The molecule has 0 radical (unpaired) electrons. The summed E-state index contributed by atoms with van der Waals surface area (Å²) in [5.74, 6) is -0.0625. The number of carbonyl (C=O) groups is 1. The first-order valence-electron chi connectivity index (χ1n) is 8.70. The maximum atomic E-state index is 12.8. The summed E-state index contributed by atoms with van der Waals surface area (Å²) in [7, 11) is 0. The fourth-order valence-electron chi connectivity index (χ4n) is 3.78. The Hall–Kier alpha value is -2.43. The maximum Gasteiger partial charge on any atom is 0.270 e. The Kier molecular flexibility index (Phi) is 3.92. The van der Waals surface area contributed by atoms with Gasteiger partial charge in [0.25, 0.3) is 5.56 Å². The van der Waals surface area contributed by atoms with Gasteiger partial charge < -0.3 is 4.90 Å². The molecule has 1 aromatic carbocycles. The number of aryl methyl sites for hydroxylation is 2. The molecule has 5 heteroatoms. The van der Waals surface area contributed by atoms with E-state index in [2.05, 4.69) is 11.2 Å². The van der Waals surface area contributed by atoms with Gasteiger partial charge in [0.05, 0.1) is 6.20 Å². The third kappa shape index (κ3) is 2.64. The SMILES string of the molecule is O=C(Cn1ncc2c(c1=O)CCCC2)N1CCCc2ccccc21. The number of benzene rings is 1. The topological polar surface area (TPSA) is 55.2 Å². The second kappa shape index (κ2) is 6.23. The molecule has 1 aliphatic heterocycles. The van der Waals surface area contributed by atoms with Gasteiger partial charge in [-0.2, -0.15) is 5.10 Å². The van der Waals surface area contributed by atoms with E-state index in [0.717, 1.165) is 55.3 Å². The van der Waals surface area contributed by atoms with Crippen LogP contribution in [0.25, 0.3) is 0 Å². The fraction of sp³-hybridized carbons (Fsp3) is 0.421. The Morgan fingerprint density at radius 2 is 1.83 bits per heavy atom. The normalized spacial score (nSPS) is 16.4. The molecular formula is C19H21N3O2. The molecule has 0 N–H and O–H groups in total. The van der Waals surface area contributed by atoms with Crippen molar-refractivity contribution in [1.82, 2.24) is 9.78 Å². The van der Waals surface area contributed by atoms with Crippen molar-refractivity contribution in [3.63, 3.8) is 0 Å². The molecule has 0 saturated heterocycles. The van der Waals surface area contributed by atoms with Crippen LogP contribution in [0.5, 0.6) is 0 Å². The number of nitrogens with zero attached hydrogens (tertiary/aromatic N) is 3. The summed E-state index contributed by atoms with van der Waals surface area (Å²) < 4.78 is 1.34. The van der Waals surface area contributed by atoms with E-state index in [1.807, 2.05) is 18.2 Å². The van der Waals surface area contributed by atoms with Gasteiger partial charge in [-0.05, 0) is 55.7 Å². The summed E-state index contributed by atoms with van der Waals surface area (Å²) in [6.07, 6.45) is 7.60. The molecule has 0 atom stereocenters. The van der Waals surface area contributed by atoms with E-state index >= 15 is 0 Å². The Morgan fingerprint density at radius 3 is 2.75 bits per heavy atom. The van der Waals surface area contributed by atoms with Gasteiger partial charge in [-0.3, -0.25) is 9.59 Å². The second-order valence-electron chi connectivity index (χ2n) is 6.60. The molecule has 2 aliphatic rings. The predicted molar refractivity (Wildman–Crippen MR) is 92.3 cm³/mol. The highest BCUT2D eigenvalue weighted by Crippen LogP contribution is 2.26. The van der Waals surface area contributed by atoms with E-state index in [9.17, 15) is 9.59 Å². The molecule has 0 saturated carbocycles. The van der Waals surface area contributed by atoms with Crippen molar-refractivity contribution in [3.05, 3.63) is 57.5 Å². The molecule has 5 nitrogen and oxygen atoms in total. The maximum absolute atomic E-state index is 12.8. The molecule has 1 aliphatic carbocycles. The van der Waals surface area contributed by atoms with Gasteiger partial charge in [-0.1, -0.05) is 18.2 Å². The number of hydrogen-bond donors (Lipinski definition) is 0. The predicted octanol–water partition coefficient (Wildman–Crippen LogP) is 2.10. The molecule has 0 fully saturated rings. The van der Waals surface area contributed by atoms with Crippen molar-refractivity contribution in [2.75, 3.05) is 11.4 Å². The Morgan fingerprint density at radius 1 is 1.04 bits per heavy atom. The molecule has 2 aromatic rings. The standard InChI is InChI=1S/C19H21N3O2/c23-18(21-11-5-8-14-6-2-4-10-17(14)21)13-22-19(24)16-9-3-1-7-15(16)12-20-22/h2,4,6,10,12H,1,3,5,7-9,11,13H2. The van der Waals surface area contributed by atoms with Crippen LogP contribution in [0.1, 0.15) is 36.0 Å². The molecule has 4 rings (SSSR count). The molecule has 124 valence electrons. The molecule has 0 spiro atoms. The van der Waals surface area contributed by atoms with Crippen LogP contribution < -0.4 is 10.5 Å². The Balaban J connectivity index is 1.61. The monoisotopic (exact) mass is 323 g/mol. The number of aromatic nitrogens is 2. The lowest BCUT2D eigenvalue weighted by atomic mass is 9.94. The zero-order valence-corrected chi connectivity index (χ0v) is 13.7. The molecule has 0 bridgehead atoms. The summed E-state index contributed by atoms with van der Waals surface area (Å²) in [6.45, 7) is 0.718. The molecule has 1 amide bonds. The zero-order chi connectivity index (χ0) is 16.5. The van der Waals surface area contributed by atoms with Gasteiger partial charge in [0.1, 0.15) is 6.54 Å². The number of anilines is 1. The molecule has 0 unspecified atom stereocenters. The minimum Gasteiger partial charge on any atom is -0.311 e. The third-order valence-corrected chi connectivity index (χ3v) is 5.05. The van der Waals surface area contributed by atoms with Crippen molar-refractivity contribution in [1.29, 1.82) is 0 Å². The van der Waals surface area contributed by atoms with E-state index in [1.165, 1.54) is 10.2 Å². The highest BCUT2D eigenvalue weighted by atomic mass is 16.2. The van der Waals surface area contributed by atoms with Gasteiger partial charge in [0.2, 0.25) is 5.91 Å². The summed E-state index contributed by atoms with van der Waals surface area (Å²) >= 11 is 0. The smallest absolute Gasteiger partial charge is 0.270 e. The van der Waals surface area contributed by atoms with Crippen LogP contribution >= 0.6 is 0 Å². The largest absolute Gasteiger partial charge is 0.311 e. The van der Waals surface area contributed by atoms with Crippen LogP contribution in [-0.2, 0) is 30.6 Å². The van der Waals surface area contributed by atoms with Gasteiger partial charge in [-0.15, -0.1) is 0 Å². The molecule has 2 heterocycles. The van der Waals surface area contributed by atoms with Crippen LogP contribution in [-0.4, -0.2) is 22.2 Å². The van der Waals surface area contributed by atoms with Crippen molar-refractivity contribution < 1.29 is 4.79 Å². The third-order valence-electron chi connectivity index (χ3n) is 5.05. The van der Waals surface area contributed by atoms with Crippen molar-refractivity contribution in [3.8, 4) is 0 Å². The zero-order valence-electron chi connectivity index (χ0n) is 13.7. The number of amides is 1. The quantitative estimate of drug-likeness (QED) is 0.850. The lowest BCUT2D eigenvalue weighted by Gasteiger charge is -2.29. The van der Waals surface area contributed by atoms with Crippen molar-refractivity contribution in [2.45, 2.75) is 45.1 Å². The van der Waals surface area contributed by atoms with Crippen LogP contribution in [0.2, 0.25) is 0 Å². The highest BCUT2D eigenvalue weighted by molar-refractivity contribution is 5.94. The van der Waals surface area contributed by atoms with Gasteiger partial charge >= 0.3 is 0 Å². The summed E-state index contributed by atoms with van der Waals surface area (Å²) in [6, 6.07) is 8.00. The first-order chi connectivity index (χ1) is 11.7. The van der Waals surface area contributed by atoms with E-state index in [1.54, 1.807) is 11.1 Å². The van der Waals surface area contributed by atoms with E-state index in [4.69, 9.17) is 0 Å². The van der Waals surface area contributed by atoms with Crippen LogP contribution in [0, 0.1) is 0 Å². The first kappa shape index (κ1) is 15.1. The lowest BCUT2D eigenvalue weighted by Crippen LogP contribution is -2.41. The Bertz CT molecular complexity index is 841. The van der Waals surface area contributed by atoms with E-state index in [0.29, 0.717) is 6.54 Å². The second-order valence-corrected chi connectivity index (χ2v) is 6.60. The fourth-order valence-corrected chi connectivity index (χ4v) is 3.78. The molecule has 24 heavy (non-hydrogen) atoms. The van der Waals surface area contributed by atoms with Crippen LogP contribution in [0.3, 0.4) is 0 Å². The van der Waals surface area contributed by atoms with Crippen molar-refractivity contribution in [2.24, 2.45) is 0 Å². The number of carbonyl (C=O) groups excluding carboxylic acids is 1. The van der Waals surface area contributed by atoms with Gasteiger partial charge in [0.15, 0.2) is 0 Å². The van der Waals surface area contributed by atoms with Gasteiger partial charge in [-0.25, -0.2) is 4.68 Å². The summed E-state index contributed by atoms with van der Waals surface area (Å²) in [5.41, 5.74) is 3.98. The Labute approximate surface area is 140 Å².